The van der Waals surface area contributed by atoms with E-state index in [2.05, 4.69) is 14.3 Å². The molecule has 1 aliphatic heterocycles. The molecule has 4 rings (SSSR count). The van der Waals surface area contributed by atoms with Gasteiger partial charge in [0.05, 0.1) is 36.5 Å². The summed E-state index contributed by atoms with van der Waals surface area (Å²) in [5, 5.41) is 0.668. The first kappa shape index (κ1) is 19.9. The number of hydrogen-bond acceptors (Lipinski definition) is 5. The van der Waals surface area contributed by atoms with Crippen molar-refractivity contribution in [1.82, 2.24) is 14.3 Å². The van der Waals surface area contributed by atoms with Gasteiger partial charge in [0.2, 0.25) is 10.0 Å². The van der Waals surface area contributed by atoms with Crippen LogP contribution in [0.15, 0.2) is 59.6 Å². The third-order valence-electron chi connectivity index (χ3n) is 4.78. The van der Waals surface area contributed by atoms with Crippen molar-refractivity contribution in [3.05, 3.63) is 65.6 Å². The first-order valence-corrected chi connectivity index (χ1v) is 10.9. The molecule has 2 heterocycles. The Kier molecular flexibility index (Phi) is 5.60. The number of rotatable bonds is 6. The monoisotopic (exact) mass is 433 g/mol. The number of imidazole rings is 1. The fourth-order valence-corrected chi connectivity index (χ4v) is 4.39. The lowest BCUT2D eigenvalue weighted by atomic mass is 10.1. The van der Waals surface area contributed by atoms with Crippen molar-refractivity contribution in [2.75, 3.05) is 13.7 Å². The van der Waals surface area contributed by atoms with Gasteiger partial charge in [-0.2, -0.15) is 0 Å². The summed E-state index contributed by atoms with van der Waals surface area (Å²) in [6.07, 6.45) is 1.49. The molecule has 1 aliphatic rings. The van der Waals surface area contributed by atoms with Gasteiger partial charge < -0.3 is 14.0 Å². The molecule has 3 aromatic rings. The Morgan fingerprint density at radius 1 is 1.21 bits per heavy atom. The molecule has 0 saturated carbocycles. The van der Waals surface area contributed by atoms with Crippen LogP contribution in [-0.2, 0) is 27.9 Å². The van der Waals surface area contributed by atoms with E-state index in [1.165, 1.54) is 19.2 Å². The van der Waals surface area contributed by atoms with Crippen molar-refractivity contribution in [2.24, 2.45) is 0 Å². The van der Waals surface area contributed by atoms with Crippen LogP contribution in [0.5, 0.6) is 5.75 Å². The maximum absolute atomic E-state index is 12.6. The quantitative estimate of drug-likeness (QED) is 0.646. The summed E-state index contributed by atoms with van der Waals surface area (Å²) in [6, 6.07) is 13.8. The molecule has 1 unspecified atom stereocenters. The van der Waals surface area contributed by atoms with Crippen LogP contribution in [0.3, 0.4) is 0 Å². The van der Waals surface area contributed by atoms with Gasteiger partial charge in [-0.3, -0.25) is 0 Å². The predicted octanol–water partition coefficient (Wildman–Crippen LogP) is 3.09. The molecule has 7 nitrogen and oxygen atoms in total. The third kappa shape index (κ3) is 4.30. The van der Waals surface area contributed by atoms with Crippen LogP contribution < -0.4 is 9.46 Å². The topological polar surface area (TPSA) is 82.5 Å². The molecule has 0 bridgehead atoms. The van der Waals surface area contributed by atoms with Crippen LogP contribution in [-0.4, -0.2) is 37.7 Å². The molecular weight excluding hydrogens is 414 g/mol. The highest BCUT2D eigenvalue weighted by Gasteiger charge is 2.25. The molecule has 0 radical (unpaired) electrons. The fraction of sp³-hybridized carbons (Fsp3) is 0.250. The van der Waals surface area contributed by atoms with E-state index in [1.54, 1.807) is 18.3 Å². The number of nitrogens with zero attached hydrogens (tertiary/aromatic N) is 2. The molecule has 1 N–H and O–H groups in total. The highest BCUT2D eigenvalue weighted by atomic mass is 35.5. The summed E-state index contributed by atoms with van der Waals surface area (Å²) < 4.78 is 40.6. The zero-order valence-corrected chi connectivity index (χ0v) is 17.3. The number of sulfonamides is 1. The van der Waals surface area contributed by atoms with Gasteiger partial charge in [-0.25, -0.2) is 18.1 Å². The minimum atomic E-state index is -3.64. The molecule has 0 amide bonds. The van der Waals surface area contributed by atoms with E-state index in [4.69, 9.17) is 21.1 Å². The highest BCUT2D eigenvalue weighted by molar-refractivity contribution is 7.89. The molecule has 0 spiro atoms. The Labute approximate surface area is 174 Å². The van der Waals surface area contributed by atoms with Gasteiger partial charge in [0, 0.05) is 11.6 Å². The van der Waals surface area contributed by atoms with E-state index in [-0.39, 0.29) is 17.5 Å². The van der Waals surface area contributed by atoms with Crippen molar-refractivity contribution in [3.63, 3.8) is 0 Å². The summed E-state index contributed by atoms with van der Waals surface area (Å²) >= 11 is 5.98. The van der Waals surface area contributed by atoms with Crippen LogP contribution in [0.1, 0.15) is 5.82 Å². The largest absolute Gasteiger partial charge is 0.497 e. The van der Waals surface area contributed by atoms with Crippen molar-refractivity contribution in [1.29, 1.82) is 0 Å². The Balaban J connectivity index is 1.46. The van der Waals surface area contributed by atoms with Gasteiger partial charge in [-0.1, -0.05) is 23.7 Å². The van der Waals surface area contributed by atoms with E-state index >= 15 is 0 Å². The minimum Gasteiger partial charge on any atom is -0.497 e. The molecule has 29 heavy (non-hydrogen) atoms. The minimum absolute atomic E-state index is 0.159. The summed E-state index contributed by atoms with van der Waals surface area (Å²) in [4.78, 5) is 4.60. The second kappa shape index (κ2) is 8.16. The summed E-state index contributed by atoms with van der Waals surface area (Å²) in [7, 11) is -2.11. The van der Waals surface area contributed by atoms with Crippen LogP contribution in [0.2, 0.25) is 5.02 Å². The SMILES string of the molecule is COc1ccc(S(=O)(=O)NCC2Cn3c(-c4ccc(Cl)cc4)cnc3CO2)cc1. The van der Waals surface area contributed by atoms with E-state index in [1.807, 2.05) is 24.3 Å². The maximum Gasteiger partial charge on any atom is 0.240 e. The first-order valence-electron chi connectivity index (χ1n) is 9.02. The molecule has 1 aromatic heterocycles. The van der Waals surface area contributed by atoms with Crippen molar-refractivity contribution < 1.29 is 17.9 Å². The van der Waals surface area contributed by atoms with Crippen LogP contribution in [0.4, 0.5) is 0 Å². The maximum atomic E-state index is 12.6. The van der Waals surface area contributed by atoms with E-state index in [0.717, 1.165) is 17.1 Å². The lowest BCUT2D eigenvalue weighted by Gasteiger charge is -2.26. The normalized spacial score (nSPS) is 16.4. The van der Waals surface area contributed by atoms with E-state index < -0.39 is 10.0 Å². The smallest absolute Gasteiger partial charge is 0.240 e. The first-order chi connectivity index (χ1) is 14.0. The molecule has 9 heteroatoms. The average Bonchev–Trinajstić information content (AvgIpc) is 3.16. The second-order valence-electron chi connectivity index (χ2n) is 6.64. The number of halogens is 1. The molecule has 0 saturated heterocycles. The van der Waals surface area contributed by atoms with Crippen molar-refractivity contribution in [3.8, 4) is 17.0 Å². The number of ether oxygens (including phenoxy) is 2. The molecule has 1 atom stereocenters. The Bertz CT molecular complexity index is 1100. The Morgan fingerprint density at radius 3 is 2.62 bits per heavy atom. The summed E-state index contributed by atoms with van der Waals surface area (Å²) in [6.45, 7) is 0.979. The zero-order chi connectivity index (χ0) is 20.4. The van der Waals surface area contributed by atoms with Crippen LogP contribution in [0, 0.1) is 0 Å². The van der Waals surface area contributed by atoms with Gasteiger partial charge in [-0.15, -0.1) is 0 Å². The van der Waals surface area contributed by atoms with E-state index in [9.17, 15) is 8.42 Å². The molecule has 152 valence electrons. The number of hydrogen-bond donors (Lipinski definition) is 1. The van der Waals surface area contributed by atoms with Gasteiger partial charge in [0.1, 0.15) is 18.2 Å². The average molecular weight is 434 g/mol. The predicted molar refractivity (Wildman–Crippen MR) is 109 cm³/mol. The zero-order valence-electron chi connectivity index (χ0n) is 15.7. The van der Waals surface area contributed by atoms with Gasteiger partial charge in [0.15, 0.2) is 0 Å². The number of nitrogens with one attached hydrogen (secondary N) is 1. The lowest BCUT2D eigenvalue weighted by molar-refractivity contribution is 0.00634. The van der Waals surface area contributed by atoms with Crippen LogP contribution >= 0.6 is 11.6 Å². The van der Waals surface area contributed by atoms with E-state index in [0.29, 0.717) is 23.9 Å². The second-order valence-corrected chi connectivity index (χ2v) is 8.84. The summed E-state index contributed by atoms with van der Waals surface area (Å²) in [5.41, 5.74) is 1.94. The molecule has 0 aliphatic carbocycles. The van der Waals surface area contributed by atoms with Crippen molar-refractivity contribution in [2.45, 2.75) is 24.2 Å². The number of aromatic nitrogens is 2. The molecule has 0 fully saturated rings. The fourth-order valence-electron chi connectivity index (χ4n) is 3.20. The standard InChI is InChI=1S/C20H20ClN3O4S/c1-27-16-6-8-18(9-7-16)29(25,26)23-10-17-12-24-19(11-22-20(24)13-28-17)14-2-4-15(21)5-3-14/h2-9,11,17,23H,10,12-13H2,1H3. The third-order valence-corrected chi connectivity index (χ3v) is 6.47. The van der Waals surface area contributed by atoms with Crippen LogP contribution in [0.25, 0.3) is 11.3 Å². The van der Waals surface area contributed by atoms with Gasteiger partial charge in [0.25, 0.3) is 0 Å². The summed E-state index contributed by atoms with van der Waals surface area (Å²) in [5.74, 6) is 1.41. The lowest BCUT2D eigenvalue weighted by Crippen LogP contribution is -2.38. The number of benzene rings is 2. The highest BCUT2D eigenvalue weighted by Crippen LogP contribution is 2.26. The molecule has 2 aromatic carbocycles. The molecular formula is C20H20ClN3O4S. The number of fused-ring (bicyclic) bond motifs is 1. The Morgan fingerprint density at radius 2 is 1.93 bits per heavy atom. The number of methoxy groups -OCH3 is 1. The van der Waals surface area contributed by atoms with Crippen molar-refractivity contribution >= 4 is 21.6 Å². The Hall–Kier alpha value is -2.39. The van der Waals surface area contributed by atoms with Gasteiger partial charge in [-0.05, 0) is 42.0 Å². The van der Waals surface area contributed by atoms with Gasteiger partial charge >= 0.3 is 0 Å².